The average molecular weight is 481 g/mol. The van der Waals surface area contributed by atoms with E-state index in [1.54, 1.807) is 25.3 Å². The van der Waals surface area contributed by atoms with Crippen molar-refractivity contribution in [3.8, 4) is 5.75 Å². The maximum absolute atomic E-state index is 13.6. The quantitative estimate of drug-likeness (QED) is 0.209. The highest BCUT2D eigenvalue weighted by Crippen LogP contribution is 2.45. The molecule has 0 radical (unpaired) electrons. The van der Waals surface area contributed by atoms with Gasteiger partial charge in [0.05, 0.1) is 18.7 Å². The second kappa shape index (κ2) is 9.04. The number of nitrogens with zero attached hydrogens (tertiary/aromatic N) is 1. The molecule has 0 aliphatic carbocycles. The van der Waals surface area contributed by atoms with Gasteiger partial charge in [-0.25, -0.2) is 0 Å². The lowest BCUT2D eigenvalue weighted by Crippen LogP contribution is -2.29. The molecule has 6 nitrogen and oxygen atoms in total. The van der Waals surface area contributed by atoms with Gasteiger partial charge in [0, 0.05) is 33.4 Å². The Balaban J connectivity index is 1.79. The molecule has 1 amide bonds. The van der Waals surface area contributed by atoms with E-state index in [4.69, 9.17) is 4.74 Å². The lowest BCUT2D eigenvalue weighted by atomic mass is 9.92. The molecule has 6 heteroatoms. The first-order valence-electron chi connectivity index (χ1n) is 12.0. The summed E-state index contributed by atoms with van der Waals surface area (Å²) in [7, 11) is 1.57. The maximum atomic E-state index is 13.6. The normalized spacial score (nSPS) is 17.2. The van der Waals surface area contributed by atoms with Gasteiger partial charge in [-0.1, -0.05) is 37.3 Å². The molecule has 1 unspecified atom stereocenters. The number of nitrogens with one attached hydrogen (secondary N) is 1. The molecule has 1 fully saturated rings. The first kappa shape index (κ1) is 23.4. The fourth-order valence-electron chi connectivity index (χ4n) is 5.09. The van der Waals surface area contributed by atoms with Gasteiger partial charge in [-0.05, 0) is 67.8 Å². The third-order valence-electron chi connectivity index (χ3n) is 6.97. The number of aliphatic hydroxyl groups is 1. The van der Waals surface area contributed by atoms with Crippen LogP contribution in [0.1, 0.15) is 40.9 Å². The van der Waals surface area contributed by atoms with Crippen molar-refractivity contribution in [3.63, 3.8) is 0 Å². The number of amides is 1. The molecule has 36 heavy (non-hydrogen) atoms. The molecule has 1 aliphatic heterocycles. The highest BCUT2D eigenvalue weighted by molar-refractivity contribution is 6.52. The Morgan fingerprint density at radius 3 is 2.42 bits per heavy atom. The van der Waals surface area contributed by atoms with Crippen LogP contribution in [-0.2, 0) is 16.0 Å². The zero-order valence-electron chi connectivity index (χ0n) is 20.8. The number of aliphatic hydroxyl groups excluding tert-OH is 1. The molecule has 2 heterocycles. The van der Waals surface area contributed by atoms with Crippen LogP contribution in [0.25, 0.3) is 16.7 Å². The highest BCUT2D eigenvalue weighted by atomic mass is 16.5. The number of carbonyl (C=O) groups is 2. The Labute approximate surface area is 209 Å². The number of rotatable bonds is 5. The number of para-hydroxylation sites is 1. The molecule has 182 valence electrons. The van der Waals surface area contributed by atoms with E-state index in [-0.39, 0.29) is 11.3 Å². The Hall–Kier alpha value is -4.32. The number of hydrogen-bond donors (Lipinski definition) is 2. The summed E-state index contributed by atoms with van der Waals surface area (Å²) in [5, 5.41) is 12.5. The summed E-state index contributed by atoms with van der Waals surface area (Å²) < 4.78 is 5.30. The van der Waals surface area contributed by atoms with Crippen LogP contribution >= 0.6 is 0 Å². The number of hydrogen-bond acceptors (Lipinski definition) is 4. The van der Waals surface area contributed by atoms with E-state index >= 15 is 0 Å². The number of H-pyrrole nitrogens is 1. The number of ether oxygens (including phenoxy) is 1. The van der Waals surface area contributed by atoms with Crippen molar-refractivity contribution in [1.29, 1.82) is 0 Å². The van der Waals surface area contributed by atoms with Crippen LogP contribution in [0, 0.1) is 13.8 Å². The number of Topliss-reactive ketones (excluding diaryl/α,β-unsaturated/α-hetero) is 1. The number of methoxy groups -OCH3 is 1. The topological polar surface area (TPSA) is 82.6 Å². The summed E-state index contributed by atoms with van der Waals surface area (Å²) in [5.74, 6) is -0.931. The number of carbonyl (C=O) groups excluding carboxylic acids is 2. The van der Waals surface area contributed by atoms with Crippen molar-refractivity contribution in [3.05, 3.63) is 100 Å². The minimum atomic E-state index is -0.796. The van der Waals surface area contributed by atoms with Crippen molar-refractivity contribution in [1.82, 2.24) is 4.98 Å². The van der Waals surface area contributed by atoms with Gasteiger partial charge in [0.15, 0.2) is 0 Å². The van der Waals surface area contributed by atoms with Crippen LogP contribution in [0.15, 0.2) is 72.3 Å². The molecule has 3 aromatic carbocycles. The molecule has 2 N–H and O–H groups in total. The van der Waals surface area contributed by atoms with Crippen molar-refractivity contribution in [2.75, 3.05) is 12.0 Å². The lowest BCUT2D eigenvalue weighted by molar-refractivity contribution is -0.132. The van der Waals surface area contributed by atoms with Crippen LogP contribution in [-0.4, -0.2) is 28.9 Å². The highest BCUT2D eigenvalue weighted by Gasteiger charge is 2.48. The van der Waals surface area contributed by atoms with E-state index in [9.17, 15) is 14.7 Å². The van der Waals surface area contributed by atoms with Gasteiger partial charge in [0.25, 0.3) is 11.7 Å². The largest absolute Gasteiger partial charge is 0.507 e. The monoisotopic (exact) mass is 480 g/mol. The molecule has 0 saturated carbocycles. The summed E-state index contributed by atoms with van der Waals surface area (Å²) in [5.41, 5.74) is 5.54. The fourth-order valence-corrected chi connectivity index (χ4v) is 5.09. The zero-order valence-corrected chi connectivity index (χ0v) is 20.8. The van der Waals surface area contributed by atoms with Gasteiger partial charge >= 0.3 is 0 Å². The predicted molar refractivity (Wildman–Crippen MR) is 141 cm³/mol. The van der Waals surface area contributed by atoms with Gasteiger partial charge < -0.3 is 14.8 Å². The van der Waals surface area contributed by atoms with Gasteiger partial charge in [-0.3, -0.25) is 14.5 Å². The van der Waals surface area contributed by atoms with Gasteiger partial charge in [0.1, 0.15) is 11.5 Å². The van der Waals surface area contributed by atoms with Gasteiger partial charge in [0.2, 0.25) is 0 Å². The second-order valence-corrected chi connectivity index (χ2v) is 9.08. The number of aromatic amines is 1. The molecule has 1 aliphatic rings. The van der Waals surface area contributed by atoms with Crippen LogP contribution in [0.4, 0.5) is 5.69 Å². The molecule has 1 atom stereocenters. The number of anilines is 1. The van der Waals surface area contributed by atoms with E-state index in [2.05, 4.69) is 11.9 Å². The average Bonchev–Trinajstić information content (AvgIpc) is 3.35. The summed E-state index contributed by atoms with van der Waals surface area (Å²) in [6.45, 7) is 5.82. The molecular formula is C30H28N2O4. The first-order chi connectivity index (χ1) is 17.3. The minimum absolute atomic E-state index is 0.0701. The molecule has 1 saturated heterocycles. The molecule has 0 spiro atoms. The third-order valence-corrected chi connectivity index (χ3v) is 6.97. The Kier molecular flexibility index (Phi) is 5.88. The number of ketones is 1. The second-order valence-electron chi connectivity index (χ2n) is 9.08. The van der Waals surface area contributed by atoms with E-state index in [0.717, 1.165) is 39.7 Å². The predicted octanol–water partition coefficient (Wildman–Crippen LogP) is 5.98. The van der Waals surface area contributed by atoms with Crippen LogP contribution in [0.2, 0.25) is 0 Å². The summed E-state index contributed by atoms with van der Waals surface area (Å²) in [6, 6.07) is 19.9. The van der Waals surface area contributed by atoms with Crippen molar-refractivity contribution < 1.29 is 19.4 Å². The minimum Gasteiger partial charge on any atom is -0.507 e. The Morgan fingerprint density at radius 1 is 1.03 bits per heavy atom. The van der Waals surface area contributed by atoms with Crippen LogP contribution in [0.3, 0.4) is 0 Å². The smallest absolute Gasteiger partial charge is 0.300 e. The van der Waals surface area contributed by atoms with Crippen molar-refractivity contribution in [2.24, 2.45) is 0 Å². The van der Waals surface area contributed by atoms with E-state index < -0.39 is 17.7 Å². The Morgan fingerprint density at radius 2 is 1.75 bits per heavy atom. The fraction of sp³-hybridized carbons (Fsp3) is 0.200. The van der Waals surface area contributed by atoms with Crippen molar-refractivity contribution in [2.45, 2.75) is 33.2 Å². The first-order valence-corrected chi connectivity index (χ1v) is 12.0. The van der Waals surface area contributed by atoms with E-state index in [0.29, 0.717) is 17.0 Å². The van der Waals surface area contributed by atoms with Gasteiger partial charge in [-0.15, -0.1) is 0 Å². The number of benzene rings is 3. The summed E-state index contributed by atoms with van der Waals surface area (Å²) >= 11 is 0. The zero-order chi connectivity index (χ0) is 25.6. The molecular weight excluding hydrogens is 452 g/mol. The molecule has 4 aromatic rings. The van der Waals surface area contributed by atoms with Gasteiger partial charge in [-0.2, -0.15) is 0 Å². The summed E-state index contributed by atoms with van der Waals surface area (Å²) in [4.78, 5) is 32.0. The lowest BCUT2D eigenvalue weighted by Gasteiger charge is -2.26. The van der Waals surface area contributed by atoms with Crippen LogP contribution in [0.5, 0.6) is 5.75 Å². The molecule has 0 bridgehead atoms. The molecule has 5 rings (SSSR count). The Bertz CT molecular complexity index is 1530. The van der Waals surface area contributed by atoms with E-state index in [1.165, 1.54) is 4.90 Å². The SMILES string of the molecule is CCc1ccc(N2C(=O)C(=O)/C(=C(/O)c3ccc(OC)cc3C)C2c2c(C)[nH]c3ccccc23)cc1. The molecule has 1 aromatic heterocycles. The number of aryl methyl sites for hydroxylation is 3. The maximum Gasteiger partial charge on any atom is 0.300 e. The summed E-state index contributed by atoms with van der Waals surface area (Å²) in [6.07, 6.45) is 0.862. The number of aromatic nitrogens is 1. The number of fused-ring (bicyclic) bond motifs is 1. The van der Waals surface area contributed by atoms with E-state index in [1.807, 2.05) is 62.4 Å². The standard InChI is InChI=1S/C30H28N2O4/c1-5-19-10-12-20(13-11-19)32-27(25-18(3)31-24-9-7-6-8-23(24)25)26(29(34)30(32)35)28(33)22-15-14-21(36-4)16-17(22)2/h6-16,27,31,33H,5H2,1-4H3/b28-26+. The van der Waals surface area contributed by atoms with Crippen molar-refractivity contribution >= 4 is 34.0 Å². The third kappa shape index (κ3) is 3.66. The van der Waals surface area contributed by atoms with Crippen LogP contribution < -0.4 is 9.64 Å².